The van der Waals surface area contributed by atoms with Gasteiger partial charge in [-0.25, -0.2) is 0 Å². The molecule has 0 radical (unpaired) electrons. The molecule has 0 aromatic rings. The summed E-state index contributed by atoms with van der Waals surface area (Å²) in [6, 6.07) is 0. The molecule has 4 nitrogen and oxygen atoms in total. The van der Waals surface area contributed by atoms with E-state index in [0.717, 1.165) is 0 Å². The molecular formula is C11H22BrNO3. The number of likely N-dealkylation sites (N-methyl/N-ethyl adjacent to an activating group) is 1. The van der Waals surface area contributed by atoms with Crippen molar-refractivity contribution in [3.05, 3.63) is 0 Å². The molecule has 0 aromatic carbocycles. The summed E-state index contributed by atoms with van der Waals surface area (Å²) >= 11 is 3.44. The summed E-state index contributed by atoms with van der Waals surface area (Å²) in [6.07, 6.45) is 0. The fourth-order valence-corrected chi connectivity index (χ4v) is 1.72. The number of rotatable bonds is 6. The van der Waals surface area contributed by atoms with Gasteiger partial charge in [-0.05, 0) is 20.8 Å². The van der Waals surface area contributed by atoms with E-state index in [4.69, 9.17) is 9.47 Å². The zero-order valence-corrected chi connectivity index (χ0v) is 12.3. The largest absolute Gasteiger partial charge is 0.383 e. The minimum absolute atomic E-state index is 0.0181. The highest BCUT2D eigenvalue weighted by atomic mass is 79.9. The number of ether oxygens (including phenoxy) is 2. The smallest absolute Gasteiger partial charge is 0.248 e. The van der Waals surface area contributed by atoms with Gasteiger partial charge in [0, 0.05) is 20.7 Å². The number of halogens is 1. The Hall–Kier alpha value is -0.130. The molecule has 96 valence electrons. The molecule has 1 atom stereocenters. The molecule has 5 heteroatoms. The van der Waals surface area contributed by atoms with Crippen molar-refractivity contribution in [1.82, 2.24) is 4.90 Å². The number of hydrogen-bond donors (Lipinski definition) is 0. The quantitative estimate of drug-likeness (QED) is 0.700. The van der Waals surface area contributed by atoms with Gasteiger partial charge in [0.15, 0.2) is 0 Å². The summed E-state index contributed by atoms with van der Waals surface area (Å²) < 4.78 is 10.4. The van der Waals surface area contributed by atoms with Gasteiger partial charge in [0.2, 0.25) is 5.91 Å². The molecule has 16 heavy (non-hydrogen) atoms. The number of alkyl halides is 1. The molecule has 0 heterocycles. The first-order valence-electron chi connectivity index (χ1n) is 5.27. The predicted octanol–water partition coefficient (Wildman–Crippen LogP) is 1.67. The standard InChI is InChI=1S/C11H22BrNO3/c1-11(2,3)16-8-10(14)13(4)6-9(12)7-15-5/h9H,6-8H2,1-5H3. The molecule has 0 aliphatic heterocycles. The summed E-state index contributed by atoms with van der Waals surface area (Å²) in [4.78, 5) is 13.5. The Kier molecular flexibility index (Phi) is 7.19. The third-order valence-electron chi connectivity index (χ3n) is 1.87. The highest BCUT2D eigenvalue weighted by Crippen LogP contribution is 2.07. The first kappa shape index (κ1) is 15.9. The van der Waals surface area contributed by atoms with Crippen LogP contribution in [0.2, 0.25) is 0 Å². The second-order valence-corrected chi connectivity index (χ2v) is 6.02. The molecule has 0 rings (SSSR count). The van der Waals surface area contributed by atoms with Gasteiger partial charge >= 0.3 is 0 Å². The van der Waals surface area contributed by atoms with Crippen LogP contribution in [-0.2, 0) is 14.3 Å². The minimum Gasteiger partial charge on any atom is -0.383 e. The van der Waals surface area contributed by atoms with Crippen LogP contribution in [0.4, 0.5) is 0 Å². The Morgan fingerprint density at radius 2 is 2.00 bits per heavy atom. The maximum Gasteiger partial charge on any atom is 0.248 e. The fraction of sp³-hybridized carbons (Fsp3) is 0.909. The molecule has 1 unspecified atom stereocenters. The Morgan fingerprint density at radius 3 is 2.44 bits per heavy atom. The minimum atomic E-state index is -0.281. The van der Waals surface area contributed by atoms with Crippen LogP contribution in [-0.4, -0.2) is 55.2 Å². The van der Waals surface area contributed by atoms with E-state index in [2.05, 4.69) is 15.9 Å². The van der Waals surface area contributed by atoms with E-state index in [1.54, 1.807) is 19.1 Å². The van der Waals surface area contributed by atoms with Crippen LogP contribution >= 0.6 is 15.9 Å². The predicted molar refractivity (Wildman–Crippen MR) is 67.9 cm³/mol. The van der Waals surface area contributed by atoms with Crippen LogP contribution in [0.15, 0.2) is 0 Å². The maximum absolute atomic E-state index is 11.7. The Labute approximate surface area is 106 Å². The number of carbonyl (C=O) groups excluding carboxylic acids is 1. The lowest BCUT2D eigenvalue weighted by atomic mass is 10.2. The van der Waals surface area contributed by atoms with E-state index >= 15 is 0 Å². The highest BCUT2D eigenvalue weighted by Gasteiger charge is 2.17. The van der Waals surface area contributed by atoms with E-state index in [1.807, 2.05) is 20.8 Å². The molecule has 0 aliphatic rings. The van der Waals surface area contributed by atoms with Gasteiger partial charge in [0.05, 0.1) is 17.0 Å². The van der Waals surface area contributed by atoms with E-state index in [9.17, 15) is 4.79 Å². The lowest BCUT2D eigenvalue weighted by Gasteiger charge is -2.23. The molecule has 0 spiro atoms. The van der Waals surface area contributed by atoms with Crippen molar-refractivity contribution in [2.45, 2.75) is 31.2 Å². The Balaban J connectivity index is 3.90. The molecule has 0 fully saturated rings. The summed E-state index contributed by atoms with van der Waals surface area (Å²) in [5.74, 6) is -0.0181. The van der Waals surface area contributed by atoms with Crippen molar-refractivity contribution >= 4 is 21.8 Å². The lowest BCUT2D eigenvalue weighted by Crippen LogP contribution is -2.37. The third-order valence-corrected chi connectivity index (χ3v) is 2.43. The van der Waals surface area contributed by atoms with E-state index in [-0.39, 0.29) is 22.9 Å². The zero-order chi connectivity index (χ0) is 12.8. The molecule has 0 bridgehead atoms. The molecule has 0 N–H and O–H groups in total. The van der Waals surface area contributed by atoms with Crippen LogP contribution in [0.3, 0.4) is 0 Å². The Morgan fingerprint density at radius 1 is 1.44 bits per heavy atom. The van der Waals surface area contributed by atoms with Gasteiger partial charge in [-0.3, -0.25) is 4.79 Å². The lowest BCUT2D eigenvalue weighted by molar-refractivity contribution is -0.139. The SMILES string of the molecule is COCC(Br)CN(C)C(=O)COC(C)(C)C. The van der Waals surface area contributed by atoms with Crippen molar-refractivity contribution in [3.8, 4) is 0 Å². The van der Waals surface area contributed by atoms with Gasteiger partial charge in [-0.1, -0.05) is 15.9 Å². The summed E-state index contributed by atoms with van der Waals surface area (Å²) in [7, 11) is 3.40. The van der Waals surface area contributed by atoms with Crippen LogP contribution in [0.5, 0.6) is 0 Å². The van der Waals surface area contributed by atoms with Crippen molar-refractivity contribution in [3.63, 3.8) is 0 Å². The number of methoxy groups -OCH3 is 1. The summed E-state index contributed by atoms with van der Waals surface area (Å²) in [5.41, 5.74) is -0.281. The summed E-state index contributed by atoms with van der Waals surface area (Å²) in [5, 5.41) is 0. The van der Waals surface area contributed by atoms with Crippen LogP contribution in [0.25, 0.3) is 0 Å². The van der Waals surface area contributed by atoms with Gasteiger partial charge in [0.1, 0.15) is 6.61 Å². The number of hydrogen-bond acceptors (Lipinski definition) is 3. The van der Waals surface area contributed by atoms with Crippen molar-refractivity contribution in [2.75, 3.05) is 33.9 Å². The average molecular weight is 296 g/mol. The second-order valence-electron chi connectivity index (χ2n) is 4.73. The van der Waals surface area contributed by atoms with Gasteiger partial charge < -0.3 is 14.4 Å². The van der Waals surface area contributed by atoms with Gasteiger partial charge in [-0.2, -0.15) is 0 Å². The highest BCUT2D eigenvalue weighted by molar-refractivity contribution is 9.09. The number of amides is 1. The van der Waals surface area contributed by atoms with Crippen LogP contribution < -0.4 is 0 Å². The second kappa shape index (κ2) is 7.25. The normalized spacial score (nSPS) is 13.6. The molecule has 1 amide bonds. The molecule has 0 aliphatic carbocycles. The monoisotopic (exact) mass is 295 g/mol. The van der Waals surface area contributed by atoms with Crippen LogP contribution in [0, 0.1) is 0 Å². The average Bonchev–Trinajstić information content (AvgIpc) is 2.13. The van der Waals surface area contributed by atoms with Crippen molar-refractivity contribution in [1.29, 1.82) is 0 Å². The van der Waals surface area contributed by atoms with Crippen molar-refractivity contribution < 1.29 is 14.3 Å². The number of carbonyl (C=O) groups is 1. The van der Waals surface area contributed by atoms with E-state index in [1.165, 1.54) is 0 Å². The maximum atomic E-state index is 11.7. The zero-order valence-electron chi connectivity index (χ0n) is 10.7. The van der Waals surface area contributed by atoms with E-state index < -0.39 is 0 Å². The molecule has 0 aromatic heterocycles. The summed E-state index contributed by atoms with van der Waals surface area (Å²) in [6.45, 7) is 7.10. The molecule has 0 saturated heterocycles. The molecular weight excluding hydrogens is 274 g/mol. The topological polar surface area (TPSA) is 38.8 Å². The third kappa shape index (κ3) is 8.07. The molecule has 0 saturated carbocycles. The van der Waals surface area contributed by atoms with Crippen LogP contribution in [0.1, 0.15) is 20.8 Å². The number of nitrogens with zero attached hydrogens (tertiary/aromatic N) is 1. The van der Waals surface area contributed by atoms with Gasteiger partial charge in [0.25, 0.3) is 0 Å². The Bertz CT molecular complexity index is 216. The first-order chi connectivity index (χ1) is 7.26. The van der Waals surface area contributed by atoms with E-state index in [0.29, 0.717) is 13.2 Å². The van der Waals surface area contributed by atoms with Gasteiger partial charge in [-0.15, -0.1) is 0 Å². The fourth-order valence-electron chi connectivity index (χ4n) is 1.02. The van der Waals surface area contributed by atoms with Crippen molar-refractivity contribution in [2.24, 2.45) is 0 Å². The first-order valence-corrected chi connectivity index (χ1v) is 6.18.